The van der Waals surface area contributed by atoms with Crippen molar-refractivity contribution in [2.45, 2.75) is 13.0 Å². The Bertz CT molecular complexity index is 467. The highest BCUT2D eigenvalue weighted by Gasteiger charge is 2.10. The molecule has 1 atom stereocenters. The molecule has 1 N–H and O–H groups in total. The number of halogens is 1. The predicted octanol–water partition coefficient (Wildman–Crippen LogP) is 1.93. The third-order valence-electron chi connectivity index (χ3n) is 2.04. The summed E-state index contributed by atoms with van der Waals surface area (Å²) in [4.78, 5) is 4.22. The van der Waals surface area contributed by atoms with Crippen molar-refractivity contribution in [3.8, 4) is 5.82 Å². The van der Waals surface area contributed by atoms with Gasteiger partial charge < -0.3 is 5.11 Å². The van der Waals surface area contributed by atoms with E-state index in [2.05, 4.69) is 32.7 Å². The van der Waals surface area contributed by atoms with Crippen molar-refractivity contribution >= 4 is 22.6 Å². The average Bonchev–Trinajstić information content (AvgIpc) is 2.65. The van der Waals surface area contributed by atoms with Crippen LogP contribution in [0.4, 0.5) is 0 Å². The fourth-order valence-corrected chi connectivity index (χ4v) is 1.73. The molecular weight excluding hydrogens is 305 g/mol. The number of pyridine rings is 1. The van der Waals surface area contributed by atoms with Gasteiger partial charge in [0.1, 0.15) is 0 Å². The van der Waals surface area contributed by atoms with E-state index in [0.29, 0.717) is 5.82 Å². The maximum absolute atomic E-state index is 9.59. The Balaban J connectivity index is 2.52. The summed E-state index contributed by atoms with van der Waals surface area (Å²) in [5.74, 6) is 0.676. The standard InChI is InChI=1S/C10H10IN3O/c1-7(15)9-3-2-4-12-10(9)14-6-8(11)5-13-14/h2-7,15H,1H3/t7-/m1/s1. The van der Waals surface area contributed by atoms with Crippen molar-refractivity contribution in [1.29, 1.82) is 0 Å². The summed E-state index contributed by atoms with van der Waals surface area (Å²) in [6.45, 7) is 1.72. The van der Waals surface area contributed by atoms with Crippen LogP contribution >= 0.6 is 22.6 Å². The van der Waals surface area contributed by atoms with E-state index in [4.69, 9.17) is 0 Å². The Morgan fingerprint density at radius 2 is 2.33 bits per heavy atom. The van der Waals surface area contributed by atoms with E-state index in [9.17, 15) is 5.11 Å². The second kappa shape index (κ2) is 4.28. The van der Waals surface area contributed by atoms with E-state index in [0.717, 1.165) is 9.13 Å². The Kier molecular flexibility index (Phi) is 3.01. The normalized spacial score (nSPS) is 12.7. The summed E-state index contributed by atoms with van der Waals surface area (Å²) in [5, 5.41) is 13.8. The van der Waals surface area contributed by atoms with Gasteiger partial charge in [0.05, 0.1) is 15.9 Å². The lowest BCUT2D eigenvalue weighted by atomic mass is 10.1. The van der Waals surface area contributed by atoms with Gasteiger partial charge in [0.2, 0.25) is 0 Å². The van der Waals surface area contributed by atoms with Gasteiger partial charge in [0.25, 0.3) is 0 Å². The number of aliphatic hydroxyl groups is 1. The third kappa shape index (κ3) is 2.18. The van der Waals surface area contributed by atoms with Gasteiger partial charge >= 0.3 is 0 Å². The zero-order valence-corrected chi connectivity index (χ0v) is 10.3. The van der Waals surface area contributed by atoms with Gasteiger partial charge in [-0.2, -0.15) is 5.10 Å². The fourth-order valence-electron chi connectivity index (χ4n) is 1.34. The van der Waals surface area contributed by atoms with Crippen LogP contribution in [0.5, 0.6) is 0 Å². The monoisotopic (exact) mass is 315 g/mol. The van der Waals surface area contributed by atoms with Crippen LogP contribution in [-0.4, -0.2) is 19.9 Å². The van der Waals surface area contributed by atoms with Gasteiger partial charge in [-0.05, 0) is 35.6 Å². The predicted molar refractivity (Wildman–Crippen MR) is 64.7 cm³/mol. The van der Waals surface area contributed by atoms with Crippen LogP contribution in [0.15, 0.2) is 30.7 Å². The van der Waals surface area contributed by atoms with E-state index in [1.165, 1.54) is 0 Å². The van der Waals surface area contributed by atoms with E-state index in [1.807, 2.05) is 12.3 Å². The summed E-state index contributed by atoms with van der Waals surface area (Å²) < 4.78 is 2.71. The first-order chi connectivity index (χ1) is 7.18. The number of aromatic nitrogens is 3. The van der Waals surface area contributed by atoms with Crippen molar-refractivity contribution in [2.24, 2.45) is 0 Å². The van der Waals surface area contributed by atoms with Crippen LogP contribution in [0, 0.1) is 3.57 Å². The number of aliphatic hydroxyl groups excluding tert-OH is 1. The van der Waals surface area contributed by atoms with E-state index in [1.54, 1.807) is 30.1 Å². The molecule has 4 nitrogen and oxygen atoms in total. The molecule has 0 bridgehead atoms. The van der Waals surface area contributed by atoms with Crippen molar-refractivity contribution in [1.82, 2.24) is 14.8 Å². The van der Waals surface area contributed by atoms with Crippen molar-refractivity contribution in [3.63, 3.8) is 0 Å². The third-order valence-corrected chi connectivity index (χ3v) is 2.59. The Morgan fingerprint density at radius 1 is 1.53 bits per heavy atom. The zero-order valence-electron chi connectivity index (χ0n) is 8.13. The van der Waals surface area contributed by atoms with Crippen molar-refractivity contribution < 1.29 is 5.11 Å². The molecule has 2 rings (SSSR count). The summed E-state index contributed by atoms with van der Waals surface area (Å²) >= 11 is 2.18. The van der Waals surface area contributed by atoms with Crippen LogP contribution in [0.1, 0.15) is 18.6 Å². The van der Waals surface area contributed by atoms with Gasteiger partial charge in [-0.15, -0.1) is 0 Å². The van der Waals surface area contributed by atoms with E-state index in [-0.39, 0.29) is 0 Å². The van der Waals surface area contributed by atoms with Crippen LogP contribution in [0.25, 0.3) is 5.82 Å². The largest absolute Gasteiger partial charge is 0.389 e. The SMILES string of the molecule is C[C@@H](O)c1cccnc1-n1cc(I)cn1. The number of hydrogen-bond donors (Lipinski definition) is 1. The van der Waals surface area contributed by atoms with Gasteiger partial charge in [0.15, 0.2) is 5.82 Å². The first-order valence-electron chi connectivity index (χ1n) is 4.52. The molecule has 78 valence electrons. The molecule has 0 saturated heterocycles. The maximum Gasteiger partial charge on any atom is 0.159 e. The van der Waals surface area contributed by atoms with E-state index >= 15 is 0 Å². The molecule has 0 fully saturated rings. The van der Waals surface area contributed by atoms with Crippen LogP contribution < -0.4 is 0 Å². The molecule has 15 heavy (non-hydrogen) atoms. The van der Waals surface area contributed by atoms with Crippen molar-refractivity contribution in [3.05, 3.63) is 39.9 Å². The lowest BCUT2D eigenvalue weighted by Crippen LogP contribution is -2.05. The highest BCUT2D eigenvalue weighted by atomic mass is 127. The molecule has 0 aliphatic heterocycles. The smallest absolute Gasteiger partial charge is 0.159 e. The van der Waals surface area contributed by atoms with Crippen LogP contribution in [0.2, 0.25) is 0 Å². The van der Waals surface area contributed by atoms with Crippen molar-refractivity contribution in [2.75, 3.05) is 0 Å². The molecule has 0 radical (unpaired) electrons. The quantitative estimate of drug-likeness (QED) is 0.862. The minimum Gasteiger partial charge on any atom is -0.389 e. The second-order valence-electron chi connectivity index (χ2n) is 3.20. The first kappa shape index (κ1) is 10.6. The Labute approximate surface area is 101 Å². The lowest BCUT2D eigenvalue weighted by molar-refractivity contribution is 0.198. The number of hydrogen-bond acceptors (Lipinski definition) is 3. The highest BCUT2D eigenvalue weighted by molar-refractivity contribution is 14.1. The lowest BCUT2D eigenvalue weighted by Gasteiger charge is -2.09. The molecule has 0 spiro atoms. The summed E-state index contributed by atoms with van der Waals surface area (Å²) in [7, 11) is 0. The minimum absolute atomic E-state index is 0.546. The molecule has 0 aliphatic carbocycles. The topological polar surface area (TPSA) is 50.9 Å². The fraction of sp³-hybridized carbons (Fsp3) is 0.200. The molecule has 0 aromatic carbocycles. The molecule has 0 amide bonds. The number of rotatable bonds is 2. The molecule has 2 aromatic heterocycles. The number of nitrogens with zero attached hydrogens (tertiary/aromatic N) is 3. The Morgan fingerprint density at radius 3 is 2.93 bits per heavy atom. The van der Waals surface area contributed by atoms with Gasteiger partial charge in [-0.25, -0.2) is 9.67 Å². The maximum atomic E-state index is 9.59. The molecule has 2 heterocycles. The average molecular weight is 315 g/mol. The molecule has 0 unspecified atom stereocenters. The second-order valence-corrected chi connectivity index (χ2v) is 4.44. The Hall–Kier alpha value is -0.950. The van der Waals surface area contributed by atoms with E-state index < -0.39 is 6.10 Å². The van der Waals surface area contributed by atoms with Gasteiger partial charge in [0, 0.05) is 18.0 Å². The zero-order chi connectivity index (χ0) is 10.8. The minimum atomic E-state index is -0.546. The molecule has 2 aromatic rings. The van der Waals surface area contributed by atoms with Crippen LogP contribution in [0.3, 0.4) is 0 Å². The van der Waals surface area contributed by atoms with Crippen LogP contribution in [-0.2, 0) is 0 Å². The summed E-state index contributed by atoms with van der Waals surface area (Å²) in [6, 6.07) is 3.65. The first-order valence-corrected chi connectivity index (χ1v) is 5.60. The molecule has 5 heteroatoms. The summed E-state index contributed by atoms with van der Waals surface area (Å²) in [6.07, 6.45) is 4.77. The molecule has 0 saturated carbocycles. The summed E-state index contributed by atoms with van der Waals surface area (Å²) in [5.41, 5.74) is 0.775. The molecule has 0 aliphatic rings. The highest BCUT2D eigenvalue weighted by Crippen LogP contribution is 2.18. The van der Waals surface area contributed by atoms with Gasteiger partial charge in [-0.1, -0.05) is 6.07 Å². The molecular formula is C10H10IN3O. The van der Waals surface area contributed by atoms with Gasteiger partial charge in [-0.3, -0.25) is 0 Å².